The normalized spacial score (nSPS) is 10.4. The number of halogens is 1. The van der Waals surface area contributed by atoms with Crippen LogP contribution >= 0.6 is 11.6 Å². The summed E-state index contributed by atoms with van der Waals surface area (Å²) in [6.45, 7) is 0.354. The fourth-order valence-electron chi connectivity index (χ4n) is 1.80. The Bertz CT molecular complexity index is 566. The van der Waals surface area contributed by atoms with Crippen molar-refractivity contribution in [3.8, 4) is 0 Å². The van der Waals surface area contributed by atoms with Gasteiger partial charge in [0.05, 0.1) is 12.2 Å². The van der Waals surface area contributed by atoms with Gasteiger partial charge in [0.2, 0.25) is 0 Å². The van der Waals surface area contributed by atoms with Crippen LogP contribution in [-0.2, 0) is 18.4 Å². The van der Waals surface area contributed by atoms with Crippen LogP contribution in [0.5, 0.6) is 0 Å². The molecule has 6 heteroatoms. The Labute approximate surface area is 116 Å². The lowest BCUT2D eigenvalue weighted by Gasteiger charge is -2.21. The zero-order valence-corrected chi connectivity index (χ0v) is 11.2. The van der Waals surface area contributed by atoms with Gasteiger partial charge in [0.1, 0.15) is 6.54 Å². The molecule has 0 radical (unpaired) electrons. The lowest BCUT2D eigenvalue weighted by atomic mass is 10.2. The molecular weight excluding hydrogens is 266 g/mol. The number of carboxylic acids is 1. The topological polar surface area (TPSA) is 58.4 Å². The maximum atomic E-state index is 11.0. The monoisotopic (exact) mass is 279 g/mol. The molecule has 5 nitrogen and oxygen atoms in total. The van der Waals surface area contributed by atoms with E-state index >= 15 is 0 Å². The minimum atomic E-state index is -0.883. The molecule has 0 bridgehead atoms. The smallest absolute Gasteiger partial charge is 0.323 e. The third kappa shape index (κ3) is 3.72. The molecule has 0 aliphatic heterocycles. The van der Waals surface area contributed by atoms with E-state index in [9.17, 15) is 4.79 Å². The fraction of sp³-hybridized carbons (Fsp3) is 0.231. The van der Waals surface area contributed by atoms with Gasteiger partial charge in [-0.1, -0.05) is 11.6 Å². The molecule has 1 aromatic carbocycles. The van der Waals surface area contributed by atoms with Crippen molar-refractivity contribution in [2.45, 2.75) is 6.54 Å². The summed E-state index contributed by atoms with van der Waals surface area (Å²) in [4.78, 5) is 12.7. The number of anilines is 1. The van der Waals surface area contributed by atoms with Crippen molar-refractivity contribution in [3.63, 3.8) is 0 Å². The number of rotatable bonds is 5. The fourth-order valence-corrected chi connectivity index (χ4v) is 1.92. The van der Waals surface area contributed by atoms with E-state index in [0.717, 1.165) is 11.4 Å². The van der Waals surface area contributed by atoms with E-state index in [1.165, 1.54) is 0 Å². The Kier molecular flexibility index (Phi) is 4.06. The van der Waals surface area contributed by atoms with Crippen LogP contribution in [0, 0.1) is 0 Å². The zero-order valence-electron chi connectivity index (χ0n) is 10.5. The number of benzene rings is 1. The van der Waals surface area contributed by atoms with Crippen molar-refractivity contribution in [1.29, 1.82) is 0 Å². The summed E-state index contributed by atoms with van der Waals surface area (Å²) < 4.78 is 1.69. The number of hydrogen-bond acceptors (Lipinski definition) is 3. The predicted molar refractivity (Wildman–Crippen MR) is 73.3 cm³/mol. The first-order chi connectivity index (χ1) is 9.04. The molecule has 1 N–H and O–H groups in total. The van der Waals surface area contributed by atoms with Crippen molar-refractivity contribution >= 4 is 23.3 Å². The molecular formula is C13H14ClN3O2. The van der Waals surface area contributed by atoms with Gasteiger partial charge in [-0.2, -0.15) is 5.10 Å². The van der Waals surface area contributed by atoms with Gasteiger partial charge in [-0.05, 0) is 30.3 Å². The number of hydrogen-bond donors (Lipinski definition) is 1. The van der Waals surface area contributed by atoms with E-state index in [4.69, 9.17) is 16.7 Å². The van der Waals surface area contributed by atoms with Crippen LogP contribution in [0.1, 0.15) is 5.69 Å². The first kappa shape index (κ1) is 13.4. The van der Waals surface area contributed by atoms with Gasteiger partial charge in [0, 0.05) is 24.0 Å². The number of carbonyl (C=O) groups is 1. The number of nitrogens with zero attached hydrogens (tertiary/aromatic N) is 3. The highest BCUT2D eigenvalue weighted by atomic mass is 35.5. The van der Waals surface area contributed by atoms with Crippen molar-refractivity contribution < 1.29 is 9.90 Å². The highest BCUT2D eigenvalue weighted by molar-refractivity contribution is 6.30. The van der Waals surface area contributed by atoms with Crippen LogP contribution in [0.25, 0.3) is 0 Å². The second-order valence-electron chi connectivity index (χ2n) is 4.21. The highest BCUT2D eigenvalue weighted by Gasteiger charge is 2.12. The van der Waals surface area contributed by atoms with Crippen LogP contribution in [0.15, 0.2) is 36.5 Å². The van der Waals surface area contributed by atoms with Gasteiger partial charge in [-0.15, -0.1) is 0 Å². The molecule has 2 aromatic rings. The Balaban J connectivity index is 2.20. The zero-order chi connectivity index (χ0) is 13.8. The van der Waals surface area contributed by atoms with E-state index < -0.39 is 5.97 Å². The second-order valence-corrected chi connectivity index (χ2v) is 4.64. The standard InChI is InChI=1S/C13H14ClN3O2/c1-16-7-6-11(15-16)8-17(9-13(18)19)12-4-2-10(14)3-5-12/h2-7H,8-9H2,1H3,(H,18,19). The maximum Gasteiger partial charge on any atom is 0.323 e. The van der Waals surface area contributed by atoms with Crippen LogP contribution in [0.3, 0.4) is 0 Å². The second kappa shape index (κ2) is 5.75. The number of aryl methyl sites for hydroxylation is 1. The third-order valence-corrected chi connectivity index (χ3v) is 2.89. The van der Waals surface area contributed by atoms with E-state index in [-0.39, 0.29) is 6.54 Å². The summed E-state index contributed by atoms with van der Waals surface area (Å²) in [5.41, 5.74) is 1.62. The summed E-state index contributed by atoms with van der Waals surface area (Å²) in [7, 11) is 1.83. The Hall–Kier alpha value is -2.01. The van der Waals surface area contributed by atoms with Crippen LogP contribution < -0.4 is 4.90 Å². The molecule has 1 heterocycles. The van der Waals surface area contributed by atoms with Gasteiger partial charge in [-0.25, -0.2) is 0 Å². The first-order valence-corrected chi connectivity index (χ1v) is 6.13. The van der Waals surface area contributed by atoms with Gasteiger partial charge in [0.25, 0.3) is 0 Å². The number of carboxylic acid groups (broad SMARTS) is 1. The molecule has 2 rings (SSSR count). The summed E-state index contributed by atoms with van der Waals surface area (Å²) in [5.74, 6) is -0.883. The van der Waals surface area contributed by atoms with Crippen LogP contribution in [0.4, 0.5) is 5.69 Å². The van der Waals surface area contributed by atoms with Crippen molar-refractivity contribution in [3.05, 3.63) is 47.2 Å². The lowest BCUT2D eigenvalue weighted by molar-refractivity contribution is -0.135. The molecule has 0 fully saturated rings. The highest BCUT2D eigenvalue weighted by Crippen LogP contribution is 2.19. The molecule has 0 saturated heterocycles. The molecule has 0 amide bonds. The summed E-state index contributed by atoms with van der Waals surface area (Å²) >= 11 is 5.84. The lowest BCUT2D eigenvalue weighted by Crippen LogP contribution is -2.29. The molecule has 19 heavy (non-hydrogen) atoms. The first-order valence-electron chi connectivity index (χ1n) is 5.75. The van der Waals surface area contributed by atoms with E-state index in [1.54, 1.807) is 33.8 Å². The van der Waals surface area contributed by atoms with Gasteiger partial charge >= 0.3 is 5.97 Å². The van der Waals surface area contributed by atoms with Crippen molar-refractivity contribution in [2.75, 3.05) is 11.4 Å². The Morgan fingerprint density at radius 3 is 2.58 bits per heavy atom. The molecule has 100 valence electrons. The number of aromatic nitrogens is 2. The minimum absolute atomic E-state index is 0.0851. The molecule has 0 unspecified atom stereocenters. The number of aliphatic carboxylic acids is 1. The predicted octanol–water partition coefficient (Wildman–Crippen LogP) is 2.16. The molecule has 1 aromatic heterocycles. The van der Waals surface area contributed by atoms with E-state index in [1.807, 2.05) is 19.3 Å². The van der Waals surface area contributed by atoms with Crippen molar-refractivity contribution in [2.24, 2.45) is 7.05 Å². The molecule has 0 atom stereocenters. The van der Waals surface area contributed by atoms with E-state index in [0.29, 0.717) is 11.6 Å². The Morgan fingerprint density at radius 2 is 2.05 bits per heavy atom. The average molecular weight is 280 g/mol. The summed E-state index contributed by atoms with van der Waals surface area (Å²) in [6.07, 6.45) is 1.83. The molecule has 0 spiro atoms. The van der Waals surface area contributed by atoms with Gasteiger partial charge < -0.3 is 10.0 Å². The average Bonchev–Trinajstić information content (AvgIpc) is 2.74. The summed E-state index contributed by atoms with van der Waals surface area (Å²) in [6, 6.07) is 8.95. The SMILES string of the molecule is Cn1ccc(CN(CC(=O)O)c2ccc(Cl)cc2)n1. The largest absolute Gasteiger partial charge is 0.480 e. The molecule has 0 aliphatic rings. The van der Waals surface area contributed by atoms with Crippen molar-refractivity contribution in [1.82, 2.24) is 9.78 Å². The van der Waals surface area contributed by atoms with Crippen LogP contribution in [0.2, 0.25) is 5.02 Å². The maximum absolute atomic E-state index is 11.0. The van der Waals surface area contributed by atoms with Gasteiger partial charge in [-0.3, -0.25) is 9.48 Å². The van der Waals surface area contributed by atoms with Gasteiger partial charge in [0.15, 0.2) is 0 Å². The molecule has 0 saturated carbocycles. The summed E-state index contributed by atoms with van der Waals surface area (Å²) in [5, 5.41) is 13.9. The van der Waals surface area contributed by atoms with Crippen LogP contribution in [-0.4, -0.2) is 27.4 Å². The Morgan fingerprint density at radius 1 is 1.37 bits per heavy atom. The van der Waals surface area contributed by atoms with E-state index in [2.05, 4.69) is 5.10 Å². The minimum Gasteiger partial charge on any atom is -0.480 e. The molecule has 0 aliphatic carbocycles. The quantitative estimate of drug-likeness (QED) is 0.911. The third-order valence-electron chi connectivity index (χ3n) is 2.64.